The summed E-state index contributed by atoms with van der Waals surface area (Å²) in [5, 5.41) is 3.29. The minimum absolute atomic E-state index is 0.168. The Bertz CT molecular complexity index is 1400. The molecule has 0 unspecified atom stereocenters. The van der Waals surface area contributed by atoms with Gasteiger partial charge in [0.15, 0.2) is 0 Å². The highest BCUT2D eigenvalue weighted by atomic mass is 35.5. The summed E-state index contributed by atoms with van der Waals surface area (Å²) in [6.45, 7) is 5.30. The summed E-state index contributed by atoms with van der Waals surface area (Å²) < 4.78 is 16.0. The molecule has 3 aromatic carbocycles. The molecule has 0 aliphatic rings. The first-order valence-electron chi connectivity index (χ1n) is 11.2. The van der Waals surface area contributed by atoms with Crippen molar-refractivity contribution in [2.24, 2.45) is 0 Å². The van der Waals surface area contributed by atoms with Gasteiger partial charge in [0.25, 0.3) is 5.91 Å². The average molecular weight is 503 g/mol. The summed E-state index contributed by atoms with van der Waals surface area (Å²) in [6.07, 6.45) is 3.28. The molecule has 6 nitrogen and oxygen atoms in total. The molecule has 1 aromatic heterocycles. The number of halogens is 2. The molecule has 1 N–H and O–H groups in total. The monoisotopic (exact) mass is 502 g/mol. The molecule has 0 fully saturated rings. The van der Waals surface area contributed by atoms with Gasteiger partial charge in [-0.15, -0.1) is 6.58 Å². The van der Waals surface area contributed by atoms with Crippen molar-refractivity contribution in [2.75, 3.05) is 18.4 Å². The molecule has 8 heteroatoms. The number of benzene rings is 3. The lowest BCUT2D eigenvalue weighted by Crippen LogP contribution is -2.38. The van der Waals surface area contributed by atoms with Crippen LogP contribution >= 0.6 is 11.6 Å². The highest BCUT2D eigenvalue weighted by molar-refractivity contribution is 6.30. The van der Waals surface area contributed by atoms with E-state index in [-0.39, 0.29) is 30.8 Å². The van der Waals surface area contributed by atoms with E-state index < -0.39 is 5.91 Å². The lowest BCUT2D eigenvalue weighted by Gasteiger charge is -2.21. The Labute approximate surface area is 213 Å². The first kappa shape index (κ1) is 24.9. The van der Waals surface area contributed by atoms with Gasteiger partial charge in [-0.05, 0) is 48.9 Å². The summed E-state index contributed by atoms with van der Waals surface area (Å²) in [4.78, 5) is 32.0. The summed E-state index contributed by atoms with van der Waals surface area (Å²) in [6, 6.07) is 20.7. The Morgan fingerprint density at radius 3 is 2.50 bits per heavy atom. The van der Waals surface area contributed by atoms with Gasteiger partial charge in [-0.2, -0.15) is 0 Å². The van der Waals surface area contributed by atoms with Crippen LogP contribution in [0.4, 0.5) is 10.3 Å². The van der Waals surface area contributed by atoms with Crippen LogP contribution in [0, 0.1) is 12.7 Å². The number of anilines is 1. The van der Waals surface area contributed by atoms with Crippen molar-refractivity contribution in [1.29, 1.82) is 0 Å². The maximum Gasteiger partial charge on any atom is 0.254 e. The number of aryl methyl sites for hydroxylation is 1. The molecule has 0 bridgehead atoms. The van der Waals surface area contributed by atoms with E-state index in [1.807, 2.05) is 30.3 Å². The maximum absolute atomic E-state index is 14.3. The first-order chi connectivity index (χ1) is 17.4. The Kier molecular flexibility index (Phi) is 7.61. The van der Waals surface area contributed by atoms with Gasteiger partial charge in [0.05, 0.1) is 11.4 Å². The van der Waals surface area contributed by atoms with Gasteiger partial charge in [-0.1, -0.05) is 54.1 Å². The van der Waals surface area contributed by atoms with Gasteiger partial charge in [-0.3, -0.25) is 19.5 Å². The van der Waals surface area contributed by atoms with E-state index in [2.05, 4.69) is 16.9 Å². The lowest BCUT2D eigenvalue weighted by atomic mass is 10.2. The Hall–Kier alpha value is -4.23. The van der Waals surface area contributed by atoms with Crippen molar-refractivity contribution in [2.45, 2.75) is 6.92 Å². The predicted molar refractivity (Wildman–Crippen MR) is 140 cm³/mol. The number of hydrogen-bond donors (Lipinski definition) is 1. The fourth-order valence-corrected chi connectivity index (χ4v) is 3.76. The molecule has 4 rings (SSSR count). The van der Waals surface area contributed by atoms with Crippen LogP contribution in [0.15, 0.2) is 91.6 Å². The number of imidazole rings is 1. The topological polar surface area (TPSA) is 67.2 Å². The van der Waals surface area contributed by atoms with Gasteiger partial charge in [-0.25, -0.2) is 9.37 Å². The van der Waals surface area contributed by atoms with E-state index in [0.29, 0.717) is 27.5 Å². The van der Waals surface area contributed by atoms with E-state index in [0.717, 1.165) is 5.56 Å². The van der Waals surface area contributed by atoms with E-state index in [4.69, 9.17) is 11.6 Å². The molecular weight excluding hydrogens is 479 g/mol. The summed E-state index contributed by atoms with van der Waals surface area (Å²) in [5.41, 5.74) is 2.85. The fourth-order valence-electron chi connectivity index (χ4n) is 3.63. The van der Waals surface area contributed by atoms with Crippen molar-refractivity contribution in [1.82, 2.24) is 14.5 Å². The smallest absolute Gasteiger partial charge is 0.254 e. The van der Waals surface area contributed by atoms with Crippen LogP contribution in [0.1, 0.15) is 15.9 Å². The zero-order chi connectivity index (χ0) is 25.7. The Morgan fingerprint density at radius 1 is 1.11 bits per heavy atom. The molecule has 0 saturated heterocycles. The average Bonchev–Trinajstić information content (AvgIpc) is 3.29. The SMILES string of the molecule is C=CCN(CC(=O)Nc1nc(-c2ccccc2)cn1-c1ccc(C)c(F)c1)C(=O)c1ccc(Cl)cc1. The number of amides is 2. The molecule has 36 heavy (non-hydrogen) atoms. The second-order valence-electron chi connectivity index (χ2n) is 8.15. The number of aromatic nitrogens is 2. The van der Waals surface area contributed by atoms with Crippen LogP contribution in [0.25, 0.3) is 16.9 Å². The maximum atomic E-state index is 14.3. The normalized spacial score (nSPS) is 10.6. The largest absolute Gasteiger partial charge is 0.326 e. The minimum atomic E-state index is -0.460. The molecule has 0 saturated carbocycles. The third-order valence-electron chi connectivity index (χ3n) is 5.52. The minimum Gasteiger partial charge on any atom is -0.326 e. The van der Waals surface area contributed by atoms with E-state index >= 15 is 0 Å². The summed E-state index contributed by atoms with van der Waals surface area (Å²) in [7, 11) is 0. The predicted octanol–water partition coefficient (Wildman–Crippen LogP) is 5.91. The van der Waals surface area contributed by atoms with Crippen LogP contribution in [0.3, 0.4) is 0 Å². The van der Waals surface area contributed by atoms with Crippen molar-refractivity contribution in [3.05, 3.63) is 114 Å². The van der Waals surface area contributed by atoms with Gasteiger partial charge in [0.1, 0.15) is 12.4 Å². The van der Waals surface area contributed by atoms with Gasteiger partial charge in [0.2, 0.25) is 11.9 Å². The molecule has 0 radical (unpaired) electrons. The van der Waals surface area contributed by atoms with Crippen LogP contribution in [0.5, 0.6) is 0 Å². The standard InChI is InChI=1S/C28H24ClFN4O2/c1-3-15-33(27(36)21-10-12-22(29)13-11-21)18-26(35)32-28-31-25(20-7-5-4-6-8-20)17-34(28)23-14-9-19(2)24(30)16-23/h3-14,16-17H,1,15,18H2,2H3,(H,31,32,35). The molecule has 1 heterocycles. The van der Waals surface area contributed by atoms with E-state index in [1.54, 1.807) is 60.2 Å². The molecule has 0 atom stereocenters. The van der Waals surface area contributed by atoms with E-state index in [9.17, 15) is 14.0 Å². The second kappa shape index (κ2) is 11.0. The number of nitrogens with zero attached hydrogens (tertiary/aromatic N) is 3. The van der Waals surface area contributed by atoms with Gasteiger partial charge in [0, 0.05) is 28.9 Å². The number of rotatable bonds is 8. The number of carbonyl (C=O) groups is 2. The first-order valence-corrected chi connectivity index (χ1v) is 11.6. The molecule has 4 aromatic rings. The number of nitrogens with one attached hydrogen (secondary N) is 1. The van der Waals surface area contributed by atoms with Crippen LogP contribution in [0.2, 0.25) is 5.02 Å². The van der Waals surface area contributed by atoms with Crippen molar-refractivity contribution in [3.8, 4) is 16.9 Å². The summed E-state index contributed by atoms with van der Waals surface area (Å²) in [5.74, 6) is -0.959. The van der Waals surface area contributed by atoms with Crippen LogP contribution < -0.4 is 5.32 Å². The fraction of sp³-hybridized carbons (Fsp3) is 0.107. The molecule has 0 aliphatic heterocycles. The summed E-state index contributed by atoms with van der Waals surface area (Å²) >= 11 is 5.92. The number of hydrogen-bond acceptors (Lipinski definition) is 3. The van der Waals surface area contributed by atoms with Crippen molar-refractivity contribution in [3.63, 3.8) is 0 Å². The molecule has 0 aliphatic carbocycles. The molecule has 0 spiro atoms. The van der Waals surface area contributed by atoms with Crippen molar-refractivity contribution >= 4 is 29.4 Å². The highest BCUT2D eigenvalue weighted by Gasteiger charge is 2.20. The highest BCUT2D eigenvalue weighted by Crippen LogP contribution is 2.25. The molecule has 182 valence electrons. The zero-order valence-corrected chi connectivity index (χ0v) is 20.4. The van der Waals surface area contributed by atoms with Gasteiger partial charge < -0.3 is 4.90 Å². The van der Waals surface area contributed by atoms with Gasteiger partial charge >= 0.3 is 0 Å². The van der Waals surface area contributed by atoms with Crippen LogP contribution in [-0.2, 0) is 4.79 Å². The third-order valence-corrected chi connectivity index (χ3v) is 5.77. The number of carbonyl (C=O) groups excluding carboxylic acids is 2. The second-order valence-corrected chi connectivity index (χ2v) is 8.59. The van der Waals surface area contributed by atoms with Crippen LogP contribution in [-0.4, -0.2) is 39.4 Å². The molecular formula is C28H24ClFN4O2. The third kappa shape index (κ3) is 5.70. The quantitative estimate of drug-likeness (QED) is 0.305. The lowest BCUT2D eigenvalue weighted by molar-refractivity contribution is -0.116. The van der Waals surface area contributed by atoms with E-state index in [1.165, 1.54) is 11.0 Å². The zero-order valence-electron chi connectivity index (χ0n) is 19.6. The van der Waals surface area contributed by atoms with Crippen molar-refractivity contribution < 1.29 is 14.0 Å². The Morgan fingerprint density at radius 2 is 1.83 bits per heavy atom. The molecule has 2 amide bonds. The Balaban J connectivity index is 1.62.